The van der Waals surface area contributed by atoms with Crippen molar-refractivity contribution in [2.45, 2.75) is 18.9 Å². The van der Waals surface area contributed by atoms with E-state index in [0.717, 1.165) is 19.4 Å². The minimum absolute atomic E-state index is 0.0567. The van der Waals surface area contributed by atoms with Crippen LogP contribution < -0.4 is 5.73 Å². The third-order valence-electron chi connectivity index (χ3n) is 2.35. The Labute approximate surface area is 87.6 Å². The summed E-state index contributed by atoms with van der Waals surface area (Å²) in [6.45, 7) is 1.08. The molecule has 0 saturated carbocycles. The Morgan fingerprint density at radius 3 is 3.20 bits per heavy atom. The van der Waals surface area contributed by atoms with Crippen LogP contribution in [0.3, 0.4) is 0 Å². The molecule has 5 heteroatoms. The number of rotatable bonds is 3. The summed E-state index contributed by atoms with van der Waals surface area (Å²) in [5.41, 5.74) is 6.38. The zero-order valence-corrected chi connectivity index (χ0v) is 8.36. The maximum atomic E-state index is 11.5. The lowest BCUT2D eigenvalue weighted by Crippen LogP contribution is -2.17. The largest absolute Gasteiger partial charge is 0.458 e. The minimum atomic E-state index is -0.387. The number of esters is 1. The highest BCUT2D eigenvalue weighted by Gasteiger charge is 2.18. The van der Waals surface area contributed by atoms with Crippen LogP contribution in [0, 0.1) is 0 Å². The summed E-state index contributed by atoms with van der Waals surface area (Å²) >= 11 is 0. The van der Waals surface area contributed by atoms with Crippen molar-refractivity contribution in [3.05, 3.63) is 18.0 Å². The Bertz CT molecular complexity index is 342. The van der Waals surface area contributed by atoms with Gasteiger partial charge in [0.05, 0.1) is 11.8 Å². The van der Waals surface area contributed by atoms with Gasteiger partial charge in [-0.2, -0.15) is 0 Å². The van der Waals surface area contributed by atoms with Crippen LogP contribution >= 0.6 is 0 Å². The summed E-state index contributed by atoms with van der Waals surface area (Å²) in [6, 6.07) is 1.55. The molecule has 0 radical (unpaired) electrons. The number of nitrogens with two attached hydrogens (primary N) is 1. The molecule has 1 unspecified atom stereocenters. The van der Waals surface area contributed by atoms with Crippen LogP contribution in [-0.4, -0.2) is 30.3 Å². The number of hydrogen-bond donors (Lipinski definition) is 2. The van der Waals surface area contributed by atoms with Gasteiger partial charge in [-0.1, -0.05) is 0 Å². The molecule has 1 fully saturated rings. The number of nitrogens with one attached hydrogen (secondary N) is 1. The number of hydrogen-bond acceptors (Lipinski definition) is 4. The van der Waals surface area contributed by atoms with Gasteiger partial charge in [0.1, 0.15) is 12.3 Å². The maximum Gasteiger partial charge on any atom is 0.354 e. The summed E-state index contributed by atoms with van der Waals surface area (Å²) < 4.78 is 10.4. The second kappa shape index (κ2) is 4.35. The smallest absolute Gasteiger partial charge is 0.354 e. The Morgan fingerprint density at radius 2 is 2.60 bits per heavy atom. The first-order valence-electron chi connectivity index (χ1n) is 4.98. The molecule has 0 bridgehead atoms. The molecule has 1 saturated heterocycles. The fourth-order valence-electron chi connectivity index (χ4n) is 1.55. The SMILES string of the molecule is Nc1c[nH]c(C(=O)OCC2CCCO2)c1. The molecular weight excluding hydrogens is 196 g/mol. The number of ether oxygens (including phenoxy) is 2. The molecule has 82 valence electrons. The van der Waals surface area contributed by atoms with E-state index in [-0.39, 0.29) is 12.1 Å². The molecule has 2 rings (SSSR count). The van der Waals surface area contributed by atoms with Crippen molar-refractivity contribution in [3.8, 4) is 0 Å². The Morgan fingerprint density at radius 1 is 1.73 bits per heavy atom. The molecule has 15 heavy (non-hydrogen) atoms. The Balaban J connectivity index is 1.81. The van der Waals surface area contributed by atoms with Gasteiger partial charge in [-0.3, -0.25) is 0 Å². The Hall–Kier alpha value is -1.49. The lowest BCUT2D eigenvalue weighted by molar-refractivity contribution is 0.0157. The number of H-pyrrole nitrogens is 1. The van der Waals surface area contributed by atoms with Gasteiger partial charge in [0.25, 0.3) is 0 Å². The number of nitrogen functional groups attached to an aromatic ring is 1. The first-order valence-corrected chi connectivity index (χ1v) is 4.98. The number of carbonyl (C=O) groups excluding carboxylic acids is 1. The summed E-state index contributed by atoms with van der Waals surface area (Å²) in [6.07, 6.45) is 3.61. The average molecular weight is 210 g/mol. The quantitative estimate of drug-likeness (QED) is 0.727. The topological polar surface area (TPSA) is 77.3 Å². The normalized spacial score (nSPS) is 20.4. The van der Waals surface area contributed by atoms with Crippen LogP contribution in [0.4, 0.5) is 5.69 Å². The van der Waals surface area contributed by atoms with E-state index in [9.17, 15) is 4.79 Å². The van der Waals surface area contributed by atoms with Gasteiger partial charge in [-0.05, 0) is 18.9 Å². The van der Waals surface area contributed by atoms with Crippen molar-refractivity contribution >= 4 is 11.7 Å². The van der Waals surface area contributed by atoms with E-state index in [1.807, 2.05) is 0 Å². The summed E-state index contributed by atoms with van der Waals surface area (Å²) in [5.74, 6) is -0.387. The van der Waals surface area contributed by atoms with E-state index in [4.69, 9.17) is 15.2 Å². The van der Waals surface area contributed by atoms with Crippen LogP contribution in [0.5, 0.6) is 0 Å². The van der Waals surface area contributed by atoms with Crippen molar-refractivity contribution in [3.63, 3.8) is 0 Å². The molecule has 1 aromatic rings. The lowest BCUT2D eigenvalue weighted by Gasteiger charge is -2.09. The monoisotopic (exact) mass is 210 g/mol. The van der Waals surface area contributed by atoms with E-state index in [1.54, 1.807) is 12.3 Å². The van der Waals surface area contributed by atoms with Crippen LogP contribution in [0.15, 0.2) is 12.3 Å². The van der Waals surface area contributed by atoms with Crippen LogP contribution in [0.25, 0.3) is 0 Å². The second-order valence-corrected chi connectivity index (χ2v) is 3.58. The molecule has 0 aromatic carbocycles. The van der Waals surface area contributed by atoms with Crippen LogP contribution in [0.1, 0.15) is 23.3 Å². The molecule has 3 N–H and O–H groups in total. The molecule has 1 aromatic heterocycles. The molecule has 0 spiro atoms. The van der Waals surface area contributed by atoms with Crippen molar-refractivity contribution < 1.29 is 14.3 Å². The van der Waals surface area contributed by atoms with Crippen molar-refractivity contribution in [1.82, 2.24) is 4.98 Å². The van der Waals surface area contributed by atoms with Gasteiger partial charge in [-0.15, -0.1) is 0 Å². The number of aromatic nitrogens is 1. The molecular formula is C10H14N2O3. The first-order chi connectivity index (χ1) is 7.25. The Kier molecular flexibility index (Phi) is 2.91. The van der Waals surface area contributed by atoms with Gasteiger partial charge in [-0.25, -0.2) is 4.79 Å². The van der Waals surface area contributed by atoms with Crippen molar-refractivity contribution in [1.29, 1.82) is 0 Å². The number of anilines is 1. The highest BCUT2D eigenvalue weighted by atomic mass is 16.6. The van der Waals surface area contributed by atoms with E-state index >= 15 is 0 Å². The first kappa shape index (κ1) is 10.0. The number of aromatic amines is 1. The van der Waals surface area contributed by atoms with E-state index in [0.29, 0.717) is 18.0 Å². The van der Waals surface area contributed by atoms with Gasteiger partial charge < -0.3 is 20.2 Å². The molecule has 5 nitrogen and oxygen atoms in total. The fraction of sp³-hybridized carbons (Fsp3) is 0.500. The zero-order valence-electron chi connectivity index (χ0n) is 8.36. The highest BCUT2D eigenvalue weighted by Crippen LogP contribution is 2.13. The predicted octanol–water partition coefficient (Wildman–Crippen LogP) is 0.933. The summed E-state index contributed by atoms with van der Waals surface area (Å²) in [7, 11) is 0. The van der Waals surface area contributed by atoms with E-state index in [1.165, 1.54) is 0 Å². The van der Waals surface area contributed by atoms with Crippen LogP contribution in [-0.2, 0) is 9.47 Å². The summed E-state index contributed by atoms with van der Waals surface area (Å²) in [4.78, 5) is 14.2. The third-order valence-corrected chi connectivity index (χ3v) is 2.35. The van der Waals surface area contributed by atoms with Gasteiger partial charge in [0.2, 0.25) is 0 Å². The van der Waals surface area contributed by atoms with Gasteiger partial charge in [0, 0.05) is 12.8 Å². The van der Waals surface area contributed by atoms with Crippen LogP contribution in [0.2, 0.25) is 0 Å². The highest BCUT2D eigenvalue weighted by molar-refractivity contribution is 5.88. The molecule has 0 amide bonds. The fourth-order valence-corrected chi connectivity index (χ4v) is 1.55. The minimum Gasteiger partial charge on any atom is -0.458 e. The molecule has 0 aliphatic carbocycles. The molecule has 1 aliphatic heterocycles. The molecule has 1 atom stereocenters. The second-order valence-electron chi connectivity index (χ2n) is 3.58. The average Bonchev–Trinajstić information content (AvgIpc) is 2.84. The third kappa shape index (κ3) is 2.50. The standard InChI is InChI=1S/C10H14N2O3/c11-7-4-9(12-5-7)10(13)15-6-8-2-1-3-14-8/h4-5,8,12H,1-3,6,11H2. The number of carbonyl (C=O) groups is 1. The predicted molar refractivity (Wildman–Crippen MR) is 54.5 cm³/mol. The molecule has 1 aliphatic rings. The van der Waals surface area contributed by atoms with Crippen molar-refractivity contribution in [2.24, 2.45) is 0 Å². The van der Waals surface area contributed by atoms with Crippen molar-refractivity contribution in [2.75, 3.05) is 18.9 Å². The van der Waals surface area contributed by atoms with Gasteiger partial charge in [0.15, 0.2) is 0 Å². The summed E-state index contributed by atoms with van der Waals surface area (Å²) in [5, 5.41) is 0. The lowest BCUT2D eigenvalue weighted by atomic mass is 10.2. The van der Waals surface area contributed by atoms with E-state index in [2.05, 4.69) is 4.98 Å². The van der Waals surface area contributed by atoms with Gasteiger partial charge >= 0.3 is 5.97 Å². The molecule has 2 heterocycles. The maximum absolute atomic E-state index is 11.5. The van der Waals surface area contributed by atoms with E-state index < -0.39 is 0 Å². The zero-order chi connectivity index (χ0) is 10.7.